The van der Waals surface area contributed by atoms with Crippen LogP contribution in [-0.2, 0) is 6.54 Å². The van der Waals surface area contributed by atoms with E-state index in [1.807, 2.05) is 31.2 Å². The van der Waals surface area contributed by atoms with Gasteiger partial charge in [-0.1, -0.05) is 29.8 Å². The second-order valence-electron chi connectivity index (χ2n) is 5.45. The van der Waals surface area contributed by atoms with Crippen molar-refractivity contribution in [1.29, 1.82) is 0 Å². The fraction of sp³-hybridized carbons (Fsp3) is 0.312. The molecule has 5 heteroatoms. The van der Waals surface area contributed by atoms with Crippen molar-refractivity contribution in [1.82, 2.24) is 15.1 Å². The van der Waals surface area contributed by atoms with Crippen LogP contribution in [0.5, 0.6) is 0 Å². The molecule has 108 valence electrons. The summed E-state index contributed by atoms with van der Waals surface area (Å²) in [5, 5.41) is 7.03. The van der Waals surface area contributed by atoms with E-state index < -0.39 is 0 Å². The van der Waals surface area contributed by atoms with Gasteiger partial charge in [-0.05, 0) is 31.4 Å². The van der Waals surface area contributed by atoms with E-state index in [4.69, 9.17) is 0 Å². The first-order chi connectivity index (χ1) is 10.1. The minimum Gasteiger partial charge on any atom is -0.348 e. The summed E-state index contributed by atoms with van der Waals surface area (Å²) in [6.45, 7) is 2.38. The van der Waals surface area contributed by atoms with Crippen molar-refractivity contribution < 1.29 is 4.79 Å². The maximum atomic E-state index is 12.0. The van der Waals surface area contributed by atoms with E-state index in [-0.39, 0.29) is 23.2 Å². The molecule has 0 spiro atoms. The zero-order valence-corrected chi connectivity index (χ0v) is 11.9. The SMILES string of the molecule is Cc1ccc(Cn2nc(C(=O)NC3CC3)ccc2=O)cc1. The van der Waals surface area contributed by atoms with Gasteiger partial charge in [-0.25, -0.2) is 4.68 Å². The summed E-state index contributed by atoms with van der Waals surface area (Å²) in [5.41, 5.74) is 2.22. The van der Waals surface area contributed by atoms with Gasteiger partial charge in [0.25, 0.3) is 11.5 Å². The Kier molecular flexibility index (Phi) is 3.56. The molecule has 0 saturated heterocycles. The normalized spacial score (nSPS) is 14.0. The van der Waals surface area contributed by atoms with Crippen LogP contribution in [0.4, 0.5) is 0 Å². The second kappa shape index (κ2) is 5.52. The van der Waals surface area contributed by atoms with Crippen LogP contribution in [0.25, 0.3) is 0 Å². The van der Waals surface area contributed by atoms with Gasteiger partial charge in [0.2, 0.25) is 0 Å². The number of aromatic nitrogens is 2. The lowest BCUT2D eigenvalue weighted by Gasteiger charge is -2.07. The highest BCUT2D eigenvalue weighted by atomic mass is 16.2. The summed E-state index contributed by atoms with van der Waals surface area (Å²) in [6, 6.07) is 11.0. The number of hydrogen-bond acceptors (Lipinski definition) is 3. The average Bonchev–Trinajstić information content (AvgIpc) is 3.27. The standard InChI is InChI=1S/C16H17N3O2/c1-11-2-4-12(5-3-11)10-19-15(20)9-8-14(18-19)16(21)17-13-6-7-13/h2-5,8-9,13H,6-7,10H2,1H3,(H,17,21). The average molecular weight is 283 g/mol. The molecule has 0 bridgehead atoms. The Morgan fingerprint density at radius 2 is 1.95 bits per heavy atom. The molecule has 1 aliphatic rings. The maximum Gasteiger partial charge on any atom is 0.271 e. The molecule has 2 aromatic rings. The minimum atomic E-state index is -0.213. The van der Waals surface area contributed by atoms with Gasteiger partial charge in [0.15, 0.2) is 0 Å². The third-order valence-corrected chi connectivity index (χ3v) is 3.46. The van der Waals surface area contributed by atoms with Crippen LogP contribution in [0.2, 0.25) is 0 Å². The van der Waals surface area contributed by atoms with Crippen molar-refractivity contribution in [3.63, 3.8) is 0 Å². The largest absolute Gasteiger partial charge is 0.348 e. The van der Waals surface area contributed by atoms with Crippen molar-refractivity contribution in [2.24, 2.45) is 0 Å². The molecule has 1 heterocycles. The van der Waals surface area contributed by atoms with Gasteiger partial charge in [0.1, 0.15) is 5.69 Å². The minimum absolute atomic E-state index is 0.210. The number of rotatable bonds is 4. The van der Waals surface area contributed by atoms with Crippen molar-refractivity contribution in [2.45, 2.75) is 32.4 Å². The number of amides is 1. The Labute approximate surface area is 122 Å². The van der Waals surface area contributed by atoms with Gasteiger partial charge in [-0.3, -0.25) is 9.59 Å². The molecule has 1 aromatic heterocycles. The van der Waals surface area contributed by atoms with Crippen molar-refractivity contribution in [2.75, 3.05) is 0 Å². The first-order valence-electron chi connectivity index (χ1n) is 7.06. The lowest BCUT2D eigenvalue weighted by atomic mass is 10.1. The molecule has 0 aliphatic heterocycles. The van der Waals surface area contributed by atoms with Crippen molar-refractivity contribution in [3.8, 4) is 0 Å². The topological polar surface area (TPSA) is 64.0 Å². The van der Waals surface area contributed by atoms with E-state index >= 15 is 0 Å². The van der Waals surface area contributed by atoms with Crippen LogP contribution in [0.15, 0.2) is 41.2 Å². The fourth-order valence-electron chi connectivity index (χ4n) is 2.04. The van der Waals surface area contributed by atoms with E-state index in [1.54, 1.807) is 0 Å². The second-order valence-corrected chi connectivity index (χ2v) is 5.45. The molecule has 1 N–H and O–H groups in total. The van der Waals surface area contributed by atoms with E-state index in [0.717, 1.165) is 24.0 Å². The molecule has 1 aromatic carbocycles. The van der Waals surface area contributed by atoms with E-state index in [2.05, 4.69) is 10.4 Å². The van der Waals surface area contributed by atoms with Crippen molar-refractivity contribution >= 4 is 5.91 Å². The lowest BCUT2D eigenvalue weighted by Crippen LogP contribution is -2.30. The highest BCUT2D eigenvalue weighted by Crippen LogP contribution is 2.18. The van der Waals surface area contributed by atoms with Gasteiger partial charge in [0.05, 0.1) is 6.54 Å². The smallest absolute Gasteiger partial charge is 0.271 e. The number of nitrogens with zero attached hydrogens (tertiary/aromatic N) is 2. The Balaban J connectivity index is 1.81. The zero-order valence-electron chi connectivity index (χ0n) is 11.9. The van der Waals surface area contributed by atoms with Crippen LogP contribution in [0.3, 0.4) is 0 Å². The molecule has 0 radical (unpaired) electrons. The number of carbonyl (C=O) groups excluding carboxylic acids is 1. The molecule has 21 heavy (non-hydrogen) atoms. The molecule has 3 rings (SSSR count). The first-order valence-corrected chi connectivity index (χ1v) is 7.06. The van der Waals surface area contributed by atoms with Crippen LogP contribution in [0, 0.1) is 6.92 Å². The summed E-state index contributed by atoms with van der Waals surface area (Å²) < 4.78 is 1.33. The molecule has 1 aliphatic carbocycles. The molecule has 5 nitrogen and oxygen atoms in total. The number of carbonyl (C=O) groups is 1. The van der Waals surface area contributed by atoms with Gasteiger partial charge in [-0.15, -0.1) is 0 Å². The third kappa shape index (κ3) is 3.37. The zero-order chi connectivity index (χ0) is 14.8. The predicted octanol–water partition coefficient (Wildman–Crippen LogP) is 1.49. The van der Waals surface area contributed by atoms with Crippen molar-refractivity contribution in [3.05, 3.63) is 63.6 Å². The van der Waals surface area contributed by atoms with Gasteiger partial charge < -0.3 is 5.32 Å². The molecule has 0 unspecified atom stereocenters. The summed E-state index contributed by atoms with van der Waals surface area (Å²) in [4.78, 5) is 23.8. The number of aryl methyl sites for hydroxylation is 1. The summed E-state index contributed by atoms with van der Waals surface area (Å²) in [5.74, 6) is -0.213. The number of nitrogens with one attached hydrogen (secondary N) is 1. The van der Waals surface area contributed by atoms with E-state index in [0.29, 0.717) is 6.54 Å². The summed E-state index contributed by atoms with van der Waals surface area (Å²) in [6.07, 6.45) is 2.05. The maximum absolute atomic E-state index is 12.0. The summed E-state index contributed by atoms with van der Waals surface area (Å²) >= 11 is 0. The van der Waals surface area contributed by atoms with Crippen LogP contribution in [-0.4, -0.2) is 21.7 Å². The van der Waals surface area contributed by atoms with Crippen LogP contribution in [0.1, 0.15) is 34.5 Å². The highest BCUT2D eigenvalue weighted by Gasteiger charge is 2.24. The fourth-order valence-corrected chi connectivity index (χ4v) is 2.04. The van der Waals surface area contributed by atoms with Gasteiger partial charge >= 0.3 is 0 Å². The lowest BCUT2D eigenvalue weighted by molar-refractivity contribution is 0.0943. The van der Waals surface area contributed by atoms with Crippen LogP contribution < -0.4 is 10.9 Å². The highest BCUT2D eigenvalue weighted by molar-refractivity contribution is 5.92. The molecule has 1 amide bonds. The Hall–Kier alpha value is -2.43. The molecule has 0 atom stereocenters. The van der Waals surface area contributed by atoms with Gasteiger partial charge in [-0.2, -0.15) is 5.10 Å². The molecule has 1 saturated carbocycles. The Bertz CT molecular complexity index is 715. The Morgan fingerprint density at radius 1 is 1.24 bits per heavy atom. The summed E-state index contributed by atoms with van der Waals surface area (Å²) in [7, 11) is 0. The van der Waals surface area contributed by atoms with E-state index in [1.165, 1.54) is 16.8 Å². The molecule has 1 fully saturated rings. The van der Waals surface area contributed by atoms with E-state index in [9.17, 15) is 9.59 Å². The third-order valence-electron chi connectivity index (χ3n) is 3.46. The van der Waals surface area contributed by atoms with Gasteiger partial charge in [0, 0.05) is 12.1 Å². The molecular formula is C16H17N3O2. The van der Waals surface area contributed by atoms with Crippen LogP contribution >= 0.6 is 0 Å². The Morgan fingerprint density at radius 3 is 2.62 bits per heavy atom. The number of benzene rings is 1. The quantitative estimate of drug-likeness (QED) is 0.924. The first kappa shape index (κ1) is 13.5. The molecular weight excluding hydrogens is 266 g/mol. The predicted molar refractivity (Wildman–Crippen MR) is 79.3 cm³/mol. The number of hydrogen-bond donors (Lipinski definition) is 1. The monoisotopic (exact) mass is 283 g/mol.